The maximum atomic E-state index is 11.1. The average molecular weight is 373 g/mol. The van der Waals surface area contributed by atoms with Crippen LogP contribution in [0.25, 0.3) is 5.57 Å². The van der Waals surface area contributed by atoms with Crippen LogP contribution in [0.2, 0.25) is 0 Å². The van der Waals surface area contributed by atoms with Gasteiger partial charge in [-0.25, -0.2) is 4.21 Å². The largest absolute Gasteiger partial charge is 0.381 e. The van der Waals surface area contributed by atoms with Gasteiger partial charge in [-0.3, -0.25) is 0 Å². The highest BCUT2D eigenvalue weighted by atomic mass is 32.2. The predicted molar refractivity (Wildman–Crippen MR) is 107 cm³/mol. The molecular formula is C22H28O3S. The van der Waals surface area contributed by atoms with Crippen LogP contribution in [-0.2, 0) is 15.8 Å². The second-order valence-corrected chi connectivity index (χ2v) is 8.07. The summed E-state index contributed by atoms with van der Waals surface area (Å²) in [6, 6.07) is 7.32. The van der Waals surface area contributed by atoms with E-state index in [2.05, 4.69) is 25.2 Å². The quantitative estimate of drug-likeness (QED) is 0.561. The summed E-state index contributed by atoms with van der Waals surface area (Å²) in [5, 5.41) is 0. The smallest absolute Gasteiger partial charge is 0.186 e. The van der Waals surface area contributed by atoms with Gasteiger partial charge in [0.25, 0.3) is 0 Å². The molecule has 1 aliphatic carbocycles. The molecule has 0 bridgehead atoms. The summed E-state index contributed by atoms with van der Waals surface area (Å²) < 4.78 is 25.8. The molecule has 0 aromatic heterocycles. The second-order valence-electron chi connectivity index (χ2n) is 7.10. The Labute approximate surface area is 159 Å². The van der Waals surface area contributed by atoms with Gasteiger partial charge in [0.05, 0.1) is 4.90 Å². The average Bonchev–Trinajstić information content (AvgIpc) is 2.67. The summed E-state index contributed by atoms with van der Waals surface area (Å²) in [5.74, 6) is 0.701. The van der Waals surface area contributed by atoms with Crippen LogP contribution < -0.4 is 0 Å². The number of allylic oxidation sites excluding steroid dienone is 6. The van der Waals surface area contributed by atoms with E-state index in [1.807, 2.05) is 12.1 Å². The van der Waals surface area contributed by atoms with Gasteiger partial charge in [-0.05, 0) is 74.6 Å². The summed E-state index contributed by atoms with van der Waals surface area (Å²) in [5.41, 5.74) is 5.50. The number of rotatable bonds is 3. The Bertz CT molecular complexity index is 722. The first-order chi connectivity index (χ1) is 12.6. The highest BCUT2D eigenvalue weighted by Gasteiger charge is 2.19. The van der Waals surface area contributed by atoms with Gasteiger partial charge in [0, 0.05) is 13.2 Å². The van der Waals surface area contributed by atoms with Crippen molar-refractivity contribution < 1.29 is 13.5 Å². The first kappa shape index (κ1) is 19.3. The van der Waals surface area contributed by atoms with Crippen molar-refractivity contribution in [1.82, 2.24) is 0 Å². The Hall–Kier alpha value is -1.49. The maximum Gasteiger partial charge on any atom is 0.186 e. The third-order valence-electron chi connectivity index (χ3n) is 5.41. The Morgan fingerprint density at radius 1 is 1.08 bits per heavy atom. The zero-order valence-electron chi connectivity index (χ0n) is 15.4. The molecule has 1 unspecified atom stereocenters. The van der Waals surface area contributed by atoms with Crippen LogP contribution in [0.1, 0.15) is 51.0 Å². The summed E-state index contributed by atoms with van der Waals surface area (Å²) in [7, 11) is 0. The van der Waals surface area contributed by atoms with Crippen LogP contribution in [0, 0.1) is 5.92 Å². The van der Waals surface area contributed by atoms with E-state index < -0.39 is 11.1 Å². The van der Waals surface area contributed by atoms with Crippen LogP contribution in [0.4, 0.5) is 0 Å². The Balaban J connectivity index is 1.75. The molecule has 1 fully saturated rings. The monoisotopic (exact) mass is 372 g/mol. The molecule has 3 rings (SSSR count). The van der Waals surface area contributed by atoms with Crippen molar-refractivity contribution in [2.75, 3.05) is 13.2 Å². The lowest BCUT2D eigenvalue weighted by Crippen LogP contribution is -2.18. The molecule has 26 heavy (non-hydrogen) atoms. The fraction of sp³-hybridized carbons (Fsp3) is 0.455. The fourth-order valence-corrected chi connectivity index (χ4v) is 4.28. The van der Waals surface area contributed by atoms with E-state index in [9.17, 15) is 4.21 Å². The molecule has 4 heteroatoms. The predicted octanol–water partition coefficient (Wildman–Crippen LogP) is 5.52. The minimum Gasteiger partial charge on any atom is -0.381 e. The van der Waals surface area contributed by atoms with Crippen molar-refractivity contribution in [3.63, 3.8) is 0 Å². The number of benzene rings is 1. The zero-order valence-corrected chi connectivity index (χ0v) is 16.3. The summed E-state index contributed by atoms with van der Waals surface area (Å²) in [6.45, 7) is 4.10. The molecule has 3 nitrogen and oxygen atoms in total. The molecule has 1 atom stereocenters. The molecule has 1 aromatic rings. The van der Waals surface area contributed by atoms with Gasteiger partial charge in [0.1, 0.15) is 0 Å². The molecule has 1 aliphatic heterocycles. The van der Waals surface area contributed by atoms with Crippen molar-refractivity contribution >= 4 is 16.7 Å². The van der Waals surface area contributed by atoms with Gasteiger partial charge in [-0.15, -0.1) is 0 Å². The van der Waals surface area contributed by atoms with E-state index >= 15 is 0 Å². The maximum absolute atomic E-state index is 11.1. The van der Waals surface area contributed by atoms with Crippen LogP contribution in [-0.4, -0.2) is 22.0 Å². The van der Waals surface area contributed by atoms with Gasteiger partial charge in [-0.2, -0.15) is 0 Å². The van der Waals surface area contributed by atoms with Crippen LogP contribution >= 0.6 is 0 Å². The minimum absolute atomic E-state index is 0.443. The Morgan fingerprint density at radius 3 is 2.50 bits per heavy atom. The first-order valence-electron chi connectivity index (χ1n) is 9.49. The molecule has 2 aliphatic rings. The normalized spacial score (nSPS) is 27.4. The number of hydrogen-bond acceptors (Lipinski definition) is 2. The molecular weight excluding hydrogens is 344 g/mol. The highest BCUT2D eigenvalue weighted by molar-refractivity contribution is 7.79. The molecule has 0 spiro atoms. The van der Waals surface area contributed by atoms with Crippen LogP contribution in [0.15, 0.2) is 58.5 Å². The Morgan fingerprint density at radius 2 is 1.81 bits per heavy atom. The van der Waals surface area contributed by atoms with Crippen LogP contribution in [0.5, 0.6) is 0 Å². The molecule has 1 heterocycles. The molecule has 1 N–H and O–H groups in total. The van der Waals surface area contributed by atoms with E-state index in [1.54, 1.807) is 23.3 Å². The molecule has 1 aromatic carbocycles. The van der Waals surface area contributed by atoms with Gasteiger partial charge in [-0.1, -0.05) is 41.5 Å². The molecule has 1 saturated heterocycles. The van der Waals surface area contributed by atoms with E-state index in [1.165, 1.54) is 5.57 Å². The number of hydrogen-bond donors (Lipinski definition) is 1. The molecule has 0 saturated carbocycles. The van der Waals surface area contributed by atoms with Crippen molar-refractivity contribution in [3.8, 4) is 0 Å². The van der Waals surface area contributed by atoms with Gasteiger partial charge >= 0.3 is 0 Å². The van der Waals surface area contributed by atoms with Gasteiger partial charge in [0.2, 0.25) is 0 Å². The van der Waals surface area contributed by atoms with Crippen molar-refractivity contribution in [3.05, 3.63) is 59.2 Å². The van der Waals surface area contributed by atoms with E-state index in [4.69, 9.17) is 9.29 Å². The molecule has 0 amide bonds. The van der Waals surface area contributed by atoms with Crippen molar-refractivity contribution in [2.45, 2.75) is 50.3 Å². The highest BCUT2D eigenvalue weighted by Crippen LogP contribution is 2.32. The lowest BCUT2D eigenvalue weighted by atomic mass is 9.84. The standard InChI is InChI=1S/C22H28O3S/c1-17-5-4-7-18(19-9-11-21(12-10-19)26(23)24)6-2-3-8-22(17)20-13-15-25-16-14-20/h2,6-7,9-12,20H,3-5,8,13-16H2,1H3,(H,23,24)/b6-2-,18-7+,22-17-. The lowest BCUT2D eigenvalue weighted by molar-refractivity contribution is 0.0746. The fourth-order valence-electron chi connectivity index (χ4n) is 3.91. The Kier molecular flexibility index (Phi) is 7.00. The summed E-state index contributed by atoms with van der Waals surface area (Å²) >= 11 is -1.92. The van der Waals surface area contributed by atoms with Gasteiger partial charge in [0.15, 0.2) is 11.1 Å². The van der Waals surface area contributed by atoms with Crippen molar-refractivity contribution in [1.29, 1.82) is 0 Å². The van der Waals surface area contributed by atoms with Crippen LogP contribution in [0.3, 0.4) is 0 Å². The third kappa shape index (κ3) is 5.03. The lowest BCUT2D eigenvalue weighted by Gasteiger charge is -2.27. The summed E-state index contributed by atoms with van der Waals surface area (Å²) in [4.78, 5) is 0.443. The SMILES string of the molecule is C/C1=C(/C2CCOCC2)CC/C=C\C(c2ccc(S(=O)O)cc2)=C/CC1. The number of ether oxygens (including phenoxy) is 1. The second kappa shape index (κ2) is 9.45. The van der Waals surface area contributed by atoms with Gasteiger partial charge < -0.3 is 9.29 Å². The van der Waals surface area contributed by atoms with E-state index in [0.29, 0.717) is 10.8 Å². The minimum atomic E-state index is -1.92. The van der Waals surface area contributed by atoms with Crippen molar-refractivity contribution in [2.24, 2.45) is 5.92 Å². The molecule has 0 radical (unpaired) electrons. The topological polar surface area (TPSA) is 46.5 Å². The van der Waals surface area contributed by atoms with E-state index in [-0.39, 0.29) is 0 Å². The van der Waals surface area contributed by atoms with E-state index in [0.717, 1.165) is 57.3 Å². The summed E-state index contributed by atoms with van der Waals surface area (Å²) in [6.07, 6.45) is 13.4. The first-order valence-corrected chi connectivity index (χ1v) is 10.6. The molecule has 140 valence electrons. The third-order valence-corrected chi connectivity index (χ3v) is 6.09. The zero-order chi connectivity index (χ0) is 18.4.